The van der Waals surface area contributed by atoms with Gasteiger partial charge in [-0.1, -0.05) is 0 Å². The van der Waals surface area contributed by atoms with Gasteiger partial charge in [-0.05, 0) is 42.7 Å². The predicted octanol–water partition coefficient (Wildman–Crippen LogP) is 3.02. The fourth-order valence-electron chi connectivity index (χ4n) is 4.81. The van der Waals surface area contributed by atoms with Gasteiger partial charge in [0.1, 0.15) is 11.8 Å². The van der Waals surface area contributed by atoms with Crippen molar-refractivity contribution >= 4 is 22.7 Å². The summed E-state index contributed by atoms with van der Waals surface area (Å²) in [5.74, 6) is -1.95. The molecule has 0 spiro atoms. The predicted molar refractivity (Wildman–Crippen MR) is 129 cm³/mol. The smallest absolute Gasteiger partial charge is 0.382 e. The lowest BCUT2D eigenvalue weighted by Crippen LogP contribution is -2.61. The van der Waals surface area contributed by atoms with Crippen molar-refractivity contribution in [2.75, 3.05) is 17.2 Å². The number of hydrogen-bond donors (Lipinski definition) is 3. The van der Waals surface area contributed by atoms with Crippen LogP contribution in [0.5, 0.6) is 0 Å². The van der Waals surface area contributed by atoms with E-state index in [1.807, 2.05) is 0 Å². The van der Waals surface area contributed by atoms with Gasteiger partial charge in [0, 0.05) is 18.2 Å². The fourth-order valence-corrected chi connectivity index (χ4v) is 4.81. The van der Waals surface area contributed by atoms with Crippen LogP contribution in [-0.4, -0.2) is 60.5 Å². The van der Waals surface area contributed by atoms with Crippen LogP contribution in [0.4, 0.5) is 33.5 Å². The number of benzene rings is 1. The average molecular weight is 534 g/mol. The number of halogens is 5. The molecular weight excluding hydrogens is 511 g/mol. The lowest BCUT2D eigenvalue weighted by molar-refractivity contribution is -0.212. The Morgan fingerprint density at radius 3 is 2.61 bits per heavy atom. The van der Waals surface area contributed by atoms with Gasteiger partial charge in [-0.2, -0.15) is 13.2 Å². The maximum atomic E-state index is 14.0. The number of aliphatic hydroxyl groups excluding tert-OH is 1. The van der Waals surface area contributed by atoms with Crippen molar-refractivity contribution in [1.29, 1.82) is 0 Å². The van der Waals surface area contributed by atoms with E-state index in [0.29, 0.717) is 35.3 Å². The molecule has 14 heteroatoms. The van der Waals surface area contributed by atoms with Gasteiger partial charge in [-0.25, -0.2) is 23.7 Å². The van der Waals surface area contributed by atoms with Crippen molar-refractivity contribution in [3.05, 3.63) is 60.3 Å². The van der Waals surface area contributed by atoms with Gasteiger partial charge < -0.3 is 26.0 Å². The molecule has 3 atom stereocenters. The topological polar surface area (TPSA) is 132 Å². The van der Waals surface area contributed by atoms with Crippen LogP contribution in [0.15, 0.2) is 43.1 Å². The van der Waals surface area contributed by atoms with E-state index in [4.69, 9.17) is 11.5 Å². The van der Waals surface area contributed by atoms with Gasteiger partial charge in [0.15, 0.2) is 29.2 Å². The van der Waals surface area contributed by atoms with Crippen LogP contribution in [-0.2, 0) is 6.54 Å². The van der Waals surface area contributed by atoms with E-state index in [9.17, 15) is 27.1 Å². The summed E-state index contributed by atoms with van der Waals surface area (Å²) in [6, 6.07) is 2.43. The molecule has 1 fully saturated rings. The van der Waals surface area contributed by atoms with Crippen LogP contribution in [0.3, 0.4) is 0 Å². The van der Waals surface area contributed by atoms with Gasteiger partial charge in [0.2, 0.25) is 0 Å². The summed E-state index contributed by atoms with van der Waals surface area (Å²) in [5, 5.41) is 10.2. The molecular formula is C24H23F5N8O. The van der Waals surface area contributed by atoms with Gasteiger partial charge in [0.25, 0.3) is 0 Å². The maximum absolute atomic E-state index is 14.0. The summed E-state index contributed by atoms with van der Waals surface area (Å²) in [6.45, 7) is 0.243. The van der Waals surface area contributed by atoms with Crippen molar-refractivity contribution in [2.45, 2.75) is 43.8 Å². The highest BCUT2D eigenvalue weighted by Gasteiger charge is 2.49. The molecule has 1 aliphatic heterocycles. The number of nitrogens with two attached hydrogens (primary N) is 2. The number of piperidine rings is 1. The Bertz CT molecular complexity index is 1480. The molecule has 0 aliphatic carbocycles. The molecule has 0 radical (unpaired) electrons. The van der Waals surface area contributed by atoms with E-state index < -0.39 is 36.0 Å². The highest BCUT2D eigenvalue weighted by molar-refractivity contribution is 5.81. The molecule has 0 amide bonds. The normalized spacial score (nSPS) is 19.2. The lowest BCUT2D eigenvalue weighted by atomic mass is 9.91. The van der Waals surface area contributed by atoms with E-state index in [1.54, 1.807) is 10.6 Å². The minimum Gasteiger partial charge on any atom is -0.382 e. The first-order valence-corrected chi connectivity index (χ1v) is 11.7. The largest absolute Gasteiger partial charge is 0.416 e. The summed E-state index contributed by atoms with van der Waals surface area (Å²) in [6.07, 6.45) is -2.74. The summed E-state index contributed by atoms with van der Waals surface area (Å²) >= 11 is 0. The molecule has 1 saturated heterocycles. The molecule has 5 N–H and O–H groups in total. The molecule has 0 unspecified atom stereocenters. The summed E-state index contributed by atoms with van der Waals surface area (Å²) in [4.78, 5) is 18.1. The minimum atomic E-state index is -4.90. The number of nitrogens with zero attached hydrogens (tertiary/aromatic N) is 6. The van der Waals surface area contributed by atoms with Gasteiger partial charge in [0.05, 0.1) is 36.5 Å². The summed E-state index contributed by atoms with van der Waals surface area (Å²) in [5.41, 5.74) is 14.0. The second-order valence-electron chi connectivity index (χ2n) is 9.11. The van der Waals surface area contributed by atoms with Crippen LogP contribution in [0.25, 0.3) is 22.4 Å². The Hall–Kier alpha value is -3.91. The lowest BCUT2D eigenvalue weighted by Gasteiger charge is -2.44. The van der Waals surface area contributed by atoms with Crippen molar-refractivity contribution in [2.24, 2.45) is 5.73 Å². The Morgan fingerprint density at radius 2 is 1.87 bits per heavy atom. The molecule has 4 aromatic rings. The summed E-state index contributed by atoms with van der Waals surface area (Å²) < 4.78 is 70.0. The molecule has 1 aliphatic rings. The third kappa shape index (κ3) is 4.72. The number of hydrogen-bond acceptors (Lipinski definition) is 8. The number of pyridine rings is 1. The van der Waals surface area contributed by atoms with Crippen LogP contribution in [0.2, 0.25) is 0 Å². The third-order valence-electron chi connectivity index (χ3n) is 6.65. The molecule has 4 heterocycles. The van der Waals surface area contributed by atoms with Crippen molar-refractivity contribution in [3.63, 3.8) is 0 Å². The van der Waals surface area contributed by atoms with Gasteiger partial charge >= 0.3 is 6.18 Å². The highest BCUT2D eigenvalue weighted by atomic mass is 19.4. The number of alkyl halides is 3. The van der Waals surface area contributed by atoms with E-state index in [1.165, 1.54) is 29.8 Å². The molecule has 200 valence electrons. The molecule has 5 rings (SSSR count). The fraction of sp³-hybridized carbons (Fsp3) is 0.333. The molecule has 0 saturated carbocycles. The van der Waals surface area contributed by atoms with Gasteiger partial charge in [-0.3, -0.25) is 4.98 Å². The first kappa shape index (κ1) is 25.7. The van der Waals surface area contributed by atoms with Crippen LogP contribution in [0, 0.1) is 11.6 Å². The SMILES string of the molecule is Nc1ncnc2c1ncn2Cc1cc(-c2ccc(F)c(F)c2)ncc1N1CCC[C@@H](N)[C@H]1[C@@H](O)C(F)(F)F. The Labute approximate surface area is 213 Å². The van der Waals surface area contributed by atoms with Crippen LogP contribution >= 0.6 is 0 Å². The van der Waals surface area contributed by atoms with Crippen molar-refractivity contribution in [3.8, 4) is 11.3 Å². The highest BCUT2D eigenvalue weighted by Crippen LogP contribution is 2.36. The number of imidazole rings is 1. The van der Waals surface area contributed by atoms with E-state index >= 15 is 0 Å². The second kappa shape index (κ2) is 9.76. The average Bonchev–Trinajstić information content (AvgIpc) is 3.28. The zero-order chi connectivity index (χ0) is 27.2. The number of rotatable bonds is 5. The third-order valence-corrected chi connectivity index (χ3v) is 6.65. The van der Waals surface area contributed by atoms with Crippen LogP contribution < -0.4 is 16.4 Å². The summed E-state index contributed by atoms with van der Waals surface area (Å²) in [7, 11) is 0. The monoisotopic (exact) mass is 534 g/mol. The minimum absolute atomic E-state index is 0.0576. The number of fused-ring (bicyclic) bond motifs is 1. The van der Waals surface area contributed by atoms with Crippen molar-refractivity contribution < 1.29 is 27.1 Å². The second-order valence-corrected chi connectivity index (χ2v) is 9.11. The van der Waals surface area contributed by atoms with E-state index in [0.717, 1.165) is 12.1 Å². The number of anilines is 2. The Balaban J connectivity index is 1.64. The zero-order valence-corrected chi connectivity index (χ0v) is 19.8. The Kier molecular flexibility index (Phi) is 6.61. The van der Waals surface area contributed by atoms with Crippen LogP contribution in [0.1, 0.15) is 18.4 Å². The Morgan fingerprint density at radius 1 is 1.08 bits per heavy atom. The molecule has 38 heavy (non-hydrogen) atoms. The number of aromatic nitrogens is 5. The standard InChI is InChI=1S/C24H23F5N8O/c25-14-4-3-12(6-15(14)26)17-7-13(9-36-11-35-19-22(31)33-10-34-23(19)36)18(8-32-17)37-5-1-2-16(30)20(37)21(38)24(27,28)29/h3-4,6-8,10-11,16,20-21,38H,1-2,5,9,30H2,(H2,31,33,34)/t16-,20+,21-/m1/s1. The molecule has 9 nitrogen and oxygen atoms in total. The van der Waals surface area contributed by atoms with Crippen molar-refractivity contribution in [1.82, 2.24) is 24.5 Å². The first-order chi connectivity index (χ1) is 18.0. The number of nitrogen functional groups attached to an aromatic ring is 1. The number of aliphatic hydroxyl groups is 1. The zero-order valence-electron chi connectivity index (χ0n) is 19.8. The molecule has 1 aromatic carbocycles. The molecule has 0 bridgehead atoms. The van der Waals surface area contributed by atoms with E-state index in [2.05, 4.69) is 19.9 Å². The van der Waals surface area contributed by atoms with E-state index in [-0.39, 0.29) is 30.2 Å². The quantitative estimate of drug-likeness (QED) is 0.333. The molecule has 3 aromatic heterocycles. The maximum Gasteiger partial charge on any atom is 0.416 e. The first-order valence-electron chi connectivity index (χ1n) is 11.7. The van der Waals surface area contributed by atoms with Gasteiger partial charge in [-0.15, -0.1) is 0 Å².